The number of benzene rings is 1. The molecular formula is C23H28N4O3S. The smallest absolute Gasteiger partial charge is 0.240 e. The van der Waals surface area contributed by atoms with Gasteiger partial charge in [0.2, 0.25) is 10.0 Å². The predicted octanol–water partition coefficient (Wildman–Crippen LogP) is 3.56. The first kappa shape index (κ1) is 21.5. The van der Waals surface area contributed by atoms with Crippen LogP contribution in [0.25, 0.3) is 22.4 Å². The molecule has 0 amide bonds. The summed E-state index contributed by atoms with van der Waals surface area (Å²) in [6.45, 7) is 4.94. The third-order valence-electron chi connectivity index (χ3n) is 5.46. The maximum absolute atomic E-state index is 12.7. The first-order chi connectivity index (χ1) is 14.5. The van der Waals surface area contributed by atoms with Crippen molar-refractivity contribution in [3.8, 4) is 22.4 Å². The highest BCUT2D eigenvalue weighted by Gasteiger charge is 2.25. The Morgan fingerprint density at radius 1 is 1.19 bits per heavy atom. The molecule has 2 aromatic heterocycles. The summed E-state index contributed by atoms with van der Waals surface area (Å²) in [7, 11) is -3.77. The van der Waals surface area contributed by atoms with E-state index in [1.807, 2.05) is 19.1 Å². The molecule has 164 valence electrons. The van der Waals surface area contributed by atoms with Gasteiger partial charge in [-0.15, -0.1) is 0 Å². The fraction of sp³-hybridized carbons (Fsp3) is 0.348. The number of H-pyrrole nitrogens is 1. The van der Waals surface area contributed by atoms with Crippen LogP contribution in [-0.2, 0) is 10.0 Å². The molecule has 1 fully saturated rings. The number of nitrogens with one attached hydrogen (secondary N) is 2. The molecule has 31 heavy (non-hydrogen) atoms. The minimum Gasteiger partial charge on any atom is -0.389 e. The molecule has 1 aliphatic carbocycles. The second-order valence-electron chi connectivity index (χ2n) is 8.87. The van der Waals surface area contributed by atoms with E-state index in [2.05, 4.69) is 20.8 Å². The molecule has 8 heteroatoms. The average Bonchev–Trinajstić information content (AvgIpc) is 3.44. The molecule has 4 rings (SSSR count). The van der Waals surface area contributed by atoms with Gasteiger partial charge in [-0.2, -0.15) is 0 Å². The van der Waals surface area contributed by atoms with Crippen LogP contribution in [0.3, 0.4) is 0 Å². The summed E-state index contributed by atoms with van der Waals surface area (Å²) in [6.07, 6.45) is 4.07. The lowest BCUT2D eigenvalue weighted by Crippen LogP contribution is -2.38. The summed E-state index contributed by atoms with van der Waals surface area (Å²) in [6, 6.07) is 11.0. The summed E-state index contributed by atoms with van der Waals surface area (Å²) in [5, 5.41) is 9.86. The Hall–Kier alpha value is -2.68. The quantitative estimate of drug-likeness (QED) is 0.448. The van der Waals surface area contributed by atoms with Crippen LogP contribution in [0.5, 0.6) is 0 Å². The summed E-state index contributed by atoms with van der Waals surface area (Å²) < 4.78 is 27.9. The lowest BCUT2D eigenvalue weighted by Gasteiger charge is -2.18. The molecule has 5 N–H and O–H groups in total. The third kappa shape index (κ3) is 4.81. The Kier molecular flexibility index (Phi) is 5.41. The topological polar surface area (TPSA) is 121 Å². The molecule has 0 radical (unpaired) electrons. The standard InChI is InChI=1S/C23H28N4O3S/c1-14-4-7-17(31(29,30)26-13-23(2,3)28)11-18(14)16-10-19(22(24)25-12-16)21-9-8-20(27-21)15-5-6-15/h4,7-12,15,26-28H,5-6,13H2,1-3H3,(H2,24,25). The van der Waals surface area contributed by atoms with Crippen LogP contribution in [0.15, 0.2) is 47.5 Å². The van der Waals surface area contributed by atoms with Gasteiger partial charge >= 0.3 is 0 Å². The number of aromatic nitrogens is 2. The zero-order valence-electron chi connectivity index (χ0n) is 17.9. The van der Waals surface area contributed by atoms with E-state index in [1.165, 1.54) is 18.5 Å². The molecule has 7 nitrogen and oxygen atoms in total. The number of nitrogens with two attached hydrogens (primary N) is 1. The fourth-order valence-corrected chi connectivity index (χ4v) is 4.70. The number of nitrogens with zero attached hydrogens (tertiary/aromatic N) is 1. The van der Waals surface area contributed by atoms with Gasteiger partial charge in [-0.3, -0.25) is 0 Å². The third-order valence-corrected chi connectivity index (χ3v) is 6.86. The normalized spacial score (nSPS) is 14.7. The first-order valence-corrected chi connectivity index (χ1v) is 11.8. The van der Waals surface area contributed by atoms with Crippen molar-refractivity contribution in [1.82, 2.24) is 14.7 Å². The van der Waals surface area contributed by atoms with Crippen LogP contribution in [0.1, 0.15) is 43.9 Å². The van der Waals surface area contributed by atoms with E-state index in [1.54, 1.807) is 38.2 Å². The highest BCUT2D eigenvalue weighted by molar-refractivity contribution is 7.89. The lowest BCUT2D eigenvalue weighted by molar-refractivity contribution is 0.0857. The van der Waals surface area contributed by atoms with E-state index in [4.69, 9.17) is 5.73 Å². The number of aryl methyl sites for hydroxylation is 1. The zero-order valence-corrected chi connectivity index (χ0v) is 18.8. The van der Waals surface area contributed by atoms with Gasteiger partial charge in [-0.1, -0.05) is 6.07 Å². The van der Waals surface area contributed by atoms with Crippen LogP contribution in [0.4, 0.5) is 5.82 Å². The maximum atomic E-state index is 12.7. The van der Waals surface area contributed by atoms with Gasteiger partial charge in [0.1, 0.15) is 5.82 Å². The molecule has 0 spiro atoms. The number of hydrogen-bond acceptors (Lipinski definition) is 5. The molecule has 0 aliphatic heterocycles. The van der Waals surface area contributed by atoms with Crippen molar-refractivity contribution < 1.29 is 13.5 Å². The lowest BCUT2D eigenvalue weighted by atomic mass is 10.00. The number of rotatable bonds is 7. The van der Waals surface area contributed by atoms with Crippen molar-refractivity contribution in [1.29, 1.82) is 0 Å². The van der Waals surface area contributed by atoms with E-state index in [-0.39, 0.29) is 11.4 Å². The second kappa shape index (κ2) is 7.78. The van der Waals surface area contributed by atoms with Crippen LogP contribution in [-0.4, -0.2) is 35.6 Å². The minimum absolute atomic E-state index is 0.0811. The molecule has 3 aromatic rings. The Morgan fingerprint density at radius 2 is 1.94 bits per heavy atom. The molecule has 1 aliphatic rings. The van der Waals surface area contributed by atoms with E-state index in [0.717, 1.165) is 27.9 Å². The molecule has 0 unspecified atom stereocenters. The molecule has 2 heterocycles. The average molecular weight is 441 g/mol. The predicted molar refractivity (Wildman–Crippen MR) is 122 cm³/mol. The largest absolute Gasteiger partial charge is 0.389 e. The molecule has 0 atom stereocenters. The number of pyridine rings is 1. The van der Waals surface area contributed by atoms with Gasteiger partial charge in [0.25, 0.3) is 0 Å². The monoisotopic (exact) mass is 440 g/mol. The summed E-state index contributed by atoms with van der Waals surface area (Å²) >= 11 is 0. The van der Waals surface area contributed by atoms with Gasteiger partial charge in [0.15, 0.2) is 0 Å². The number of aliphatic hydroxyl groups is 1. The van der Waals surface area contributed by atoms with Gasteiger partial charge in [0, 0.05) is 35.3 Å². The molecule has 0 bridgehead atoms. The Bertz CT molecular complexity index is 1220. The Labute approximate surface area is 182 Å². The van der Waals surface area contributed by atoms with Crippen molar-refractivity contribution in [2.75, 3.05) is 12.3 Å². The van der Waals surface area contributed by atoms with E-state index < -0.39 is 15.6 Å². The fourth-order valence-electron chi connectivity index (χ4n) is 3.47. The van der Waals surface area contributed by atoms with Gasteiger partial charge in [0.05, 0.1) is 10.5 Å². The summed E-state index contributed by atoms with van der Waals surface area (Å²) in [5.41, 5.74) is 10.4. The zero-order chi connectivity index (χ0) is 22.4. The first-order valence-electron chi connectivity index (χ1n) is 10.3. The molecular weight excluding hydrogens is 412 g/mol. The van der Waals surface area contributed by atoms with Crippen molar-refractivity contribution in [3.63, 3.8) is 0 Å². The van der Waals surface area contributed by atoms with Gasteiger partial charge in [-0.05, 0) is 81.0 Å². The molecule has 1 saturated carbocycles. The van der Waals surface area contributed by atoms with Crippen molar-refractivity contribution >= 4 is 15.8 Å². The van der Waals surface area contributed by atoms with Crippen molar-refractivity contribution in [2.45, 2.75) is 50.0 Å². The Morgan fingerprint density at radius 3 is 2.61 bits per heavy atom. The number of aromatic amines is 1. The van der Waals surface area contributed by atoms with Crippen molar-refractivity contribution in [3.05, 3.63) is 53.9 Å². The number of hydrogen-bond donors (Lipinski definition) is 4. The highest BCUT2D eigenvalue weighted by Crippen LogP contribution is 2.41. The van der Waals surface area contributed by atoms with E-state index in [0.29, 0.717) is 11.7 Å². The summed E-state index contributed by atoms with van der Waals surface area (Å²) in [4.78, 5) is 7.94. The molecule has 1 aromatic carbocycles. The summed E-state index contributed by atoms with van der Waals surface area (Å²) in [5.74, 6) is 1.02. The van der Waals surface area contributed by atoms with Gasteiger partial charge in [-0.25, -0.2) is 18.1 Å². The van der Waals surface area contributed by atoms with Crippen molar-refractivity contribution in [2.24, 2.45) is 0 Å². The minimum atomic E-state index is -3.77. The van der Waals surface area contributed by atoms with Crippen LogP contribution < -0.4 is 10.5 Å². The second-order valence-corrected chi connectivity index (χ2v) is 10.6. The highest BCUT2D eigenvalue weighted by atomic mass is 32.2. The van der Waals surface area contributed by atoms with E-state index >= 15 is 0 Å². The SMILES string of the molecule is Cc1ccc(S(=O)(=O)NCC(C)(C)O)cc1-c1cnc(N)c(-c2ccc(C3CC3)[nH]2)c1. The molecule has 0 saturated heterocycles. The van der Waals surface area contributed by atoms with Crippen LogP contribution in [0.2, 0.25) is 0 Å². The van der Waals surface area contributed by atoms with E-state index in [9.17, 15) is 13.5 Å². The Balaban J connectivity index is 1.70. The maximum Gasteiger partial charge on any atom is 0.240 e. The number of nitrogen functional groups attached to an aromatic ring is 1. The van der Waals surface area contributed by atoms with Crippen LogP contribution in [0, 0.1) is 6.92 Å². The van der Waals surface area contributed by atoms with Gasteiger partial charge < -0.3 is 15.8 Å². The number of anilines is 1. The van der Waals surface area contributed by atoms with Crippen LogP contribution >= 0.6 is 0 Å². The number of sulfonamides is 1.